The molecule has 0 aromatic heterocycles. The molecule has 0 saturated heterocycles. The number of halogens is 1. The van der Waals surface area contributed by atoms with Gasteiger partial charge < -0.3 is 10.6 Å². The molecule has 2 rings (SSSR count). The maximum absolute atomic E-state index is 11.7. The largest absolute Gasteiger partial charge is 0.325 e. The number of hydrogen-bond acceptors (Lipinski definition) is 2. The first-order chi connectivity index (χ1) is 8.74. The summed E-state index contributed by atoms with van der Waals surface area (Å²) in [6.07, 6.45) is 5.30. The van der Waals surface area contributed by atoms with E-state index >= 15 is 0 Å². The van der Waals surface area contributed by atoms with Gasteiger partial charge in [-0.2, -0.15) is 0 Å². The highest BCUT2D eigenvalue weighted by Gasteiger charge is 2.14. The second kappa shape index (κ2) is 6.90. The Hall–Kier alpha value is -0.870. The van der Waals surface area contributed by atoms with Crippen molar-refractivity contribution in [2.75, 3.05) is 18.4 Å². The number of hydrogen-bond donors (Lipinski definition) is 2. The zero-order chi connectivity index (χ0) is 12.8. The Morgan fingerprint density at radius 2 is 1.89 bits per heavy atom. The number of rotatable bonds is 5. The third-order valence-corrected chi connectivity index (χ3v) is 3.85. The van der Waals surface area contributed by atoms with Crippen LogP contribution in [-0.4, -0.2) is 19.0 Å². The van der Waals surface area contributed by atoms with Crippen LogP contribution in [0.2, 0.25) is 0 Å². The summed E-state index contributed by atoms with van der Waals surface area (Å²) in [4.78, 5) is 11.7. The summed E-state index contributed by atoms with van der Waals surface area (Å²) in [7, 11) is 0. The van der Waals surface area contributed by atoms with E-state index in [9.17, 15) is 4.79 Å². The molecule has 1 amide bonds. The number of anilines is 1. The first-order valence-electron chi connectivity index (χ1n) is 6.50. The number of amides is 1. The molecule has 1 aliphatic rings. The molecule has 0 radical (unpaired) electrons. The van der Waals surface area contributed by atoms with Gasteiger partial charge in [0.2, 0.25) is 5.91 Å². The van der Waals surface area contributed by atoms with Gasteiger partial charge >= 0.3 is 0 Å². The minimum atomic E-state index is 0.0234. The summed E-state index contributed by atoms with van der Waals surface area (Å²) < 4.78 is 1.01. The quantitative estimate of drug-likeness (QED) is 0.877. The molecule has 0 unspecified atom stereocenters. The van der Waals surface area contributed by atoms with Crippen LogP contribution in [0.3, 0.4) is 0 Å². The van der Waals surface area contributed by atoms with Crippen LogP contribution in [0.15, 0.2) is 28.7 Å². The second-order valence-corrected chi connectivity index (χ2v) is 5.75. The fraction of sp³-hybridized carbons (Fsp3) is 0.500. The van der Waals surface area contributed by atoms with Crippen molar-refractivity contribution in [3.8, 4) is 0 Å². The van der Waals surface area contributed by atoms with E-state index in [0.29, 0.717) is 6.54 Å². The van der Waals surface area contributed by atoms with Crippen molar-refractivity contribution in [2.24, 2.45) is 5.92 Å². The lowest BCUT2D eigenvalue weighted by Gasteiger charge is -2.10. The third-order valence-electron chi connectivity index (χ3n) is 3.32. The van der Waals surface area contributed by atoms with Gasteiger partial charge in [-0.3, -0.25) is 4.79 Å². The summed E-state index contributed by atoms with van der Waals surface area (Å²) in [5, 5.41) is 6.11. The van der Waals surface area contributed by atoms with Crippen LogP contribution in [0.1, 0.15) is 25.7 Å². The van der Waals surface area contributed by atoms with E-state index in [1.54, 1.807) is 0 Å². The molecule has 2 N–H and O–H groups in total. The maximum atomic E-state index is 11.7. The number of carbonyl (C=O) groups excluding carboxylic acids is 1. The standard InChI is InChI=1S/C14H19BrN2O/c15-12-5-7-13(8-6-12)17-14(18)10-16-9-11-3-1-2-4-11/h5-8,11,16H,1-4,9-10H2,(H,17,18). The van der Waals surface area contributed by atoms with Crippen molar-refractivity contribution in [3.63, 3.8) is 0 Å². The van der Waals surface area contributed by atoms with Gasteiger partial charge in [-0.1, -0.05) is 28.8 Å². The summed E-state index contributed by atoms with van der Waals surface area (Å²) >= 11 is 3.37. The average Bonchev–Trinajstić information content (AvgIpc) is 2.85. The third kappa shape index (κ3) is 4.42. The summed E-state index contributed by atoms with van der Waals surface area (Å²) in [5.41, 5.74) is 0.839. The highest BCUT2D eigenvalue weighted by molar-refractivity contribution is 9.10. The van der Waals surface area contributed by atoms with E-state index in [2.05, 4.69) is 26.6 Å². The Kier molecular flexibility index (Phi) is 5.20. The van der Waals surface area contributed by atoms with Crippen LogP contribution in [-0.2, 0) is 4.79 Å². The van der Waals surface area contributed by atoms with Crippen molar-refractivity contribution in [1.82, 2.24) is 5.32 Å². The normalized spacial score (nSPS) is 15.8. The molecule has 98 valence electrons. The fourth-order valence-corrected chi connectivity index (χ4v) is 2.61. The van der Waals surface area contributed by atoms with Gasteiger partial charge in [0.05, 0.1) is 6.54 Å². The van der Waals surface area contributed by atoms with E-state index in [0.717, 1.165) is 22.6 Å². The van der Waals surface area contributed by atoms with E-state index < -0.39 is 0 Å². The molecule has 1 aromatic rings. The van der Waals surface area contributed by atoms with Crippen molar-refractivity contribution >= 4 is 27.5 Å². The highest BCUT2D eigenvalue weighted by atomic mass is 79.9. The van der Waals surface area contributed by atoms with E-state index in [1.807, 2.05) is 24.3 Å². The first kappa shape index (κ1) is 13.6. The second-order valence-electron chi connectivity index (χ2n) is 4.84. The molecule has 1 aromatic carbocycles. The number of carbonyl (C=O) groups is 1. The molecule has 18 heavy (non-hydrogen) atoms. The Morgan fingerprint density at radius 3 is 2.56 bits per heavy atom. The monoisotopic (exact) mass is 310 g/mol. The molecular weight excluding hydrogens is 292 g/mol. The molecule has 0 aliphatic heterocycles. The molecular formula is C14H19BrN2O. The fourth-order valence-electron chi connectivity index (χ4n) is 2.34. The number of benzene rings is 1. The van der Waals surface area contributed by atoms with Crippen LogP contribution in [0.25, 0.3) is 0 Å². The van der Waals surface area contributed by atoms with Gasteiger partial charge in [0.25, 0.3) is 0 Å². The van der Waals surface area contributed by atoms with Crippen LogP contribution in [0.5, 0.6) is 0 Å². The summed E-state index contributed by atoms with van der Waals surface area (Å²) in [6.45, 7) is 1.36. The molecule has 0 spiro atoms. The zero-order valence-electron chi connectivity index (χ0n) is 10.4. The lowest BCUT2D eigenvalue weighted by Crippen LogP contribution is -2.31. The minimum absolute atomic E-state index is 0.0234. The minimum Gasteiger partial charge on any atom is -0.325 e. The van der Waals surface area contributed by atoms with Crippen LogP contribution < -0.4 is 10.6 Å². The SMILES string of the molecule is O=C(CNCC1CCCC1)Nc1ccc(Br)cc1. The van der Waals surface area contributed by atoms with Gasteiger partial charge in [-0.15, -0.1) is 0 Å². The smallest absolute Gasteiger partial charge is 0.238 e. The van der Waals surface area contributed by atoms with E-state index in [4.69, 9.17) is 0 Å². The molecule has 1 aliphatic carbocycles. The average molecular weight is 311 g/mol. The molecule has 4 heteroatoms. The van der Waals surface area contributed by atoms with Crippen LogP contribution in [0.4, 0.5) is 5.69 Å². The predicted molar refractivity (Wildman–Crippen MR) is 77.6 cm³/mol. The van der Waals surface area contributed by atoms with E-state index in [1.165, 1.54) is 25.7 Å². The lowest BCUT2D eigenvalue weighted by molar-refractivity contribution is -0.115. The Labute approximate surface area is 116 Å². The Bertz CT molecular complexity index is 385. The molecule has 0 atom stereocenters. The van der Waals surface area contributed by atoms with Crippen LogP contribution in [0, 0.1) is 5.92 Å². The summed E-state index contributed by atoms with van der Waals surface area (Å²) in [6, 6.07) is 7.61. The van der Waals surface area contributed by atoms with Crippen molar-refractivity contribution < 1.29 is 4.79 Å². The van der Waals surface area contributed by atoms with Gasteiger partial charge in [-0.05, 0) is 49.6 Å². The highest BCUT2D eigenvalue weighted by Crippen LogP contribution is 2.23. The topological polar surface area (TPSA) is 41.1 Å². The Balaban J connectivity index is 1.66. The van der Waals surface area contributed by atoms with Gasteiger partial charge in [0.15, 0.2) is 0 Å². The molecule has 1 fully saturated rings. The molecule has 1 saturated carbocycles. The summed E-state index contributed by atoms with van der Waals surface area (Å²) in [5.74, 6) is 0.792. The van der Waals surface area contributed by atoms with Crippen LogP contribution >= 0.6 is 15.9 Å². The predicted octanol–water partition coefficient (Wildman–Crippen LogP) is 3.17. The molecule has 0 bridgehead atoms. The number of nitrogens with one attached hydrogen (secondary N) is 2. The van der Waals surface area contributed by atoms with Gasteiger partial charge in [0, 0.05) is 10.2 Å². The zero-order valence-corrected chi connectivity index (χ0v) is 12.0. The van der Waals surface area contributed by atoms with E-state index in [-0.39, 0.29) is 5.91 Å². The maximum Gasteiger partial charge on any atom is 0.238 e. The first-order valence-corrected chi connectivity index (χ1v) is 7.29. The van der Waals surface area contributed by atoms with Gasteiger partial charge in [-0.25, -0.2) is 0 Å². The lowest BCUT2D eigenvalue weighted by atomic mass is 10.1. The van der Waals surface area contributed by atoms with Crippen molar-refractivity contribution in [2.45, 2.75) is 25.7 Å². The molecule has 3 nitrogen and oxygen atoms in total. The van der Waals surface area contributed by atoms with Crippen molar-refractivity contribution in [1.29, 1.82) is 0 Å². The molecule has 0 heterocycles. The van der Waals surface area contributed by atoms with Gasteiger partial charge in [0.1, 0.15) is 0 Å². The van der Waals surface area contributed by atoms with Crippen molar-refractivity contribution in [3.05, 3.63) is 28.7 Å². The Morgan fingerprint density at radius 1 is 1.22 bits per heavy atom.